The van der Waals surface area contributed by atoms with E-state index in [1.54, 1.807) is 0 Å². The lowest BCUT2D eigenvalue weighted by atomic mass is 9.33. The molecule has 2 fully saturated rings. The molecule has 9 aromatic rings. The van der Waals surface area contributed by atoms with Gasteiger partial charge < -0.3 is 19.6 Å². The number of hydrogen-bond acceptors (Lipinski definition) is 4. The van der Waals surface area contributed by atoms with E-state index in [0.29, 0.717) is 0 Å². The van der Waals surface area contributed by atoms with Crippen molar-refractivity contribution in [2.45, 2.75) is 213 Å². The smallest absolute Gasteiger partial charge is 0.252 e. The van der Waals surface area contributed by atoms with Crippen molar-refractivity contribution in [3.63, 3.8) is 0 Å². The van der Waals surface area contributed by atoms with Crippen LogP contribution in [-0.4, -0.2) is 17.8 Å². The highest BCUT2D eigenvalue weighted by Gasteiger charge is 2.60. The second-order valence-electron chi connectivity index (χ2n) is 33.7. The van der Waals surface area contributed by atoms with Crippen LogP contribution in [0.2, 0.25) is 0 Å². The van der Waals surface area contributed by atoms with Crippen LogP contribution in [0.3, 0.4) is 0 Å². The highest BCUT2D eigenvalue weighted by atomic mass is 15.3. The number of rotatable bonds is 6. The van der Waals surface area contributed by atoms with Crippen molar-refractivity contribution < 1.29 is 0 Å². The Labute approximate surface area is 552 Å². The first-order chi connectivity index (χ1) is 43.5. The minimum atomic E-state index is -0.227. The summed E-state index contributed by atoms with van der Waals surface area (Å²) in [5.74, 6) is 0. The average molecular weight is 1210 g/mol. The van der Waals surface area contributed by atoms with E-state index in [1.807, 2.05) is 0 Å². The zero-order valence-corrected chi connectivity index (χ0v) is 58.3. The molecule has 2 saturated carbocycles. The number of nitrogens with zero attached hydrogens (tertiary/aromatic N) is 4. The Kier molecular flexibility index (Phi) is 13.6. The van der Waals surface area contributed by atoms with Crippen LogP contribution in [0.4, 0.5) is 56.9 Å². The van der Waals surface area contributed by atoms with Crippen LogP contribution in [-0.2, 0) is 32.5 Å². The molecule has 4 nitrogen and oxygen atoms in total. The molecule has 0 aromatic heterocycles. The second-order valence-corrected chi connectivity index (χ2v) is 33.7. The quantitative estimate of drug-likeness (QED) is 0.154. The molecule has 5 heteroatoms. The van der Waals surface area contributed by atoms with Crippen LogP contribution in [0, 0.1) is 6.92 Å². The number of hydrogen-bond donors (Lipinski definition) is 0. The van der Waals surface area contributed by atoms with Crippen molar-refractivity contribution in [1.82, 2.24) is 0 Å². The topological polar surface area (TPSA) is 13.0 Å². The molecule has 4 heterocycles. The molecule has 4 aliphatic heterocycles. The maximum atomic E-state index is 2.86. The maximum Gasteiger partial charge on any atom is 0.252 e. The van der Waals surface area contributed by atoms with Gasteiger partial charge in [0.1, 0.15) is 0 Å². The third-order valence-corrected chi connectivity index (χ3v) is 24.1. The third-order valence-electron chi connectivity index (χ3n) is 24.1. The van der Waals surface area contributed by atoms with E-state index >= 15 is 0 Å². The first-order valence-corrected chi connectivity index (χ1v) is 34.9. The number of benzene rings is 9. The number of aryl methyl sites for hydroxylation is 1. The molecule has 0 saturated heterocycles. The van der Waals surface area contributed by atoms with Gasteiger partial charge in [-0.3, -0.25) is 0 Å². The summed E-state index contributed by atoms with van der Waals surface area (Å²) in [7, 11) is 0. The van der Waals surface area contributed by atoms with Gasteiger partial charge in [0.25, 0.3) is 6.71 Å². The van der Waals surface area contributed by atoms with Crippen LogP contribution in [0.1, 0.15) is 201 Å². The van der Waals surface area contributed by atoms with Gasteiger partial charge in [0.2, 0.25) is 0 Å². The van der Waals surface area contributed by atoms with E-state index in [1.165, 1.54) is 167 Å². The summed E-state index contributed by atoms with van der Waals surface area (Å²) in [6, 6.07) is 73.0. The van der Waals surface area contributed by atoms with Gasteiger partial charge in [-0.2, -0.15) is 0 Å². The van der Waals surface area contributed by atoms with E-state index in [4.69, 9.17) is 0 Å². The first kappa shape index (κ1) is 60.5. The van der Waals surface area contributed by atoms with E-state index in [0.717, 1.165) is 19.3 Å². The van der Waals surface area contributed by atoms with Gasteiger partial charge in [-0.25, -0.2) is 0 Å². The molecule has 0 spiro atoms. The summed E-state index contributed by atoms with van der Waals surface area (Å²) in [4.78, 5) is 11.1. The monoisotopic (exact) mass is 1210 g/mol. The van der Waals surface area contributed by atoms with Crippen molar-refractivity contribution >= 4 is 80.0 Å². The van der Waals surface area contributed by atoms with Gasteiger partial charge in [-0.1, -0.05) is 232 Å². The Morgan fingerprint density at radius 3 is 1.40 bits per heavy atom. The zero-order valence-electron chi connectivity index (χ0n) is 58.3. The summed E-state index contributed by atoms with van der Waals surface area (Å²) >= 11 is 0. The largest absolute Gasteiger partial charge is 0.334 e. The number of anilines is 10. The molecule has 9 aromatic carbocycles. The van der Waals surface area contributed by atoms with Crippen LogP contribution in [0.15, 0.2) is 182 Å². The summed E-state index contributed by atoms with van der Waals surface area (Å²) in [6.45, 7) is 41.0. The van der Waals surface area contributed by atoms with Crippen molar-refractivity contribution in [1.29, 1.82) is 0 Å². The first-order valence-electron chi connectivity index (χ1n) is 34.9. The van der Waals surface area contributed by atoms with Crippen LogP contribution in [0.25, 0.3) is 22.3 Å². The highest BCUT2D eigenvalue weighted by molar-refractivity contribution is 7.00. The Bertz CT molecular complexity index is 4450. The Morgan fingerprint density at radius 2 is 0.793 bits per heavy atom. The molecule has 0 amide bonds. The van der Waals surface area contributed by atoms with E-state index < -0.39 is 0 Å². The molecule has 0 bridgehead atoms. The third kappa shape index (κ3) is 8.95. The van der Waals surface area contributed by atoms with Gasteiger partial charge in [0, 0.05) is 67.6 Å². The fraction of sp³-hybridized carbons (Fsp3) is 0.379. The molecule has 468 valence electrons. The summed E-state index contributed by atoms with van der Waals surface area (Å²) in [5, 5.41) is 0. The van der Waals surface area contributed by atoms with E-state index in [9.17, 15) is 0 Å². The molecule has 4 unspecified atom stereocenters. The molecule has 92 heavy (non-hydrogen) atoms. The Hall–Kier alpha value is -7.76. The van der Waals surface area contributed by atoms with Crippen molar-refractivity contribution in [2.24, 2.45) is 0 Å². The highest BCUT2D eigenvalue weighted by Crippen LogP contribution is 2.64. The van der Waals surface area contributed by atoms with Crippen LogP contribution in [0.5, 0.6) is 0 Å². The van der Waals surface area contributed by atoms with Crippen molar-refractivity contribution in [2.75, 3.05) is 19.6 Å². The molecular formula is C87H97BN4. The summed E-state index contributed by atoms with van der Waals surface area (Å²) in [5.41, 5.74) is 30.7. The van der Waals surface area contributed by atoms with Crippen molar-refractivity contribution in [3.05, 3.63) is 221 Å². The van der Waals surface area contributed by atoms with E-state index in [2.05, 4.69) is 319 Å². The minimum absolute atomic E-state index is 0.0206. The predicted molar refractivity (Wildman–Crippen MR) is 396 cm³/mol. The second kappa shape index (κ2) is 20.6. The minimum Gasteiger partial charge on any atom is -0.334 e. The summed E-state index contributed by atoms with van der Waals surface area (Å²) < 4.78 is 0. The SMILES string of the molecule is Cc1ccccc1-c1ccc2c(c1)C1(C)CCCCC1(C)N2c1cc2c3c(c1)N(c1ccc(C(C)(C)C)cc1-c1ccccc1)c1cc(C(C)(C)C)ccc1B3c1ccc(N3c4ccc(C(C)(C)C)cc4C4(C)CCCCC34C)cc1N2c1ccc(C(C)(C)C)cc1. The fourth-order valence-corrected chi connectivity index (χ4v) is 18.2. The Balaban J connectivity index is 1.06. The lowest BCUT2D eigenvalue weighted by molar-refractivity contribution is 0.195. The van der Waals surface area contributed by atoms with Crippen molar-refractivity contribution in [3.8, 4) is 22.3 Å². The lowest BCUT2D eigenvalue weighted by Gasteiger charge is -2.51. The molecule has 2 aliphatic carbocycles. The molecule has 0 radical (unpaired) electrons. The van der Waals surface area contributed by atoms with Gasteiger partial charge in [0.15, 0.2) is 0 Å². The molecule has 4 atom stereocenters. The van der Waals surface area contributed by atoms with Gasteiger partial charge >= 0.3 is 0 Å². The molecule has 0 N–H and O–H groups in total. The fourth-order valence-electron chi connectivity index (χ4n) is 18.2. The van der Waals surface area contributed by atoms with Crippen LogP contribution < -0.4 is 36.0 Å². The lowest BCUT2D eigenvalue weighted by Crippen LogP contribution is -2.61. The molecule has 15 rings (SSSR count). The van der Waals surface area contributed by atoms with Gasteiger partial charge in [-0.15, -0.1) is 0 Å². The van der Waals surface area contributed by atoms with Gasteiger partial charge in [-0.05, 0) is 213 Å². The summed E-state index contributed by atoms with van der Waals surface area (Å²) in [6.07, 6.45) is 9.42. The normalized spacial score (nSPS) is 22.3. The predicted octanol–water partition coefficient (Wildman–Crippen LogP) is 22.1. The molecule has 6 aliphatic rings. The van der Waals surface area contributed by atoms with E-state index in [-0.39, 0.29) is 50.3 Å². The maximum absolute atomic E-state index is 2.86. The molecular weight excluding hydrogens is 1110 g/mol. The van der Waals surface area contributed by atoms with Gasteiger partial charge in [0.05, 0.1) is 16.8 Å². The zero-order chi connectivity index (χ0) is 64.6. The average Bonchev–Trinajstić information content (AvgIpc) is 1.26. The standard InChI is InChI=1S/C87H97BN4/c1-56-27-21-22-30-66(56)58-31-42-73-68(49-58)84(14)45-23-26-48-87(84,17)92(73)65-54-77-79-78(55-65)90(72-43-35-60(81(5,6)7)50-67(72)57-28-19-18-20-29-57)75-52-62(83(11,12)13)34-40-70(75)88(79)71-41-39-64(53-76(71)89(77)63-37-32-59(33-38-63)80(2,3)4)91-74-44-36-61(82(8,9)10)51-69(74)85(15)46-24-25-47-86(85,91)16/h18-22,27-44,49-55H,23-26,45-48H2,1-17H3. The Morgan fingerprint density at radius 1 is 0.337 bits per heavy atom. The van der Waals surface area contributed by atoms with Crippen LogP contribution >= 0.6 is 0 Å². The number of fused-ring (bicyclic) bond motifs is 10.